The number of hydrogen-bond donors (Lipinski definition) is 1. The fourth-order valence-corrected chi connectivity index (χ4v) is 4.99. The minimum absolute atomic E-state index is 0.191. The van der Waals surface area contributed by atoms with Crippen LogP contribution in [0.3, 0.4) is 0 Å². The second-order valence-electron chi connectivity index (χ2n) is 9.93. The van der Waals surface area contributed by atoms with Crippen molar-refractivity contribution < 1.29 is 19.0 Å². The molecule has 1 N–H and O–H groups in total. The standard InChI is InChI=1S/C29H34N4O4/c1-20(2)37-29(34)31-22-8-6-21(7-9-22)28-26(19-30)25-11-10-24(18-27(25)33(28)23-4-3-5-23)36-17-14-32-12-15-35-16-13-32/h6-11,18,20,23H,3-5,12-17H2,1-2H3,(H,31,34). The number of carbonyl (C=O) groups is 1. The van der Waals surface area contributed by atoms with Gasteiger partial charge in [0.2, 0.25) is 0 Å². The Balaban J connectivity index is 1.43. The molecule has 2 heterocycles. The van der Waals surface area contributed by atoms with Crippen molar-refractivity contribution in [1.29, 1.82) is 5.26 Å². The molecule has 0 spiro atoms. The summed E-state index contributed by atoms with van der Waals surface area (Å²) in [7, 11) is 0. The van der Waals surface area contributed by atoms with E-state index in [1.54, 1.807) is 0 Å². The summed E-state index contributed by atoms with van der Waals surface area (Å²) in [4.78, 5) is 14.3. The minimum atomic E-state index is -0.481. The van der Waals surface area contributed by atoms with Crippen molar-refractivity contribution in [1.82, 2.24) is 9.47 Å². The Morgan fingerprint density at radius 2 is 1.92 bits per heavy atom. The molecule has 2 aliphatic rings. The molecule has 1 saturated heterocycles. The number of fused-ring (bicyclic) bond motifs is 1. The highest BCUT2D eigenvalue weighted by Gasteiger charge is 2.28. The summed E-state index contributed by atoms with van der Waals surface area (Å²) in [6.45, 7) is 8.54. The molecule has 5 rings (SSSR count). The van der Waals surface area contributed by atoms with E-state index in [2.05, 4.69) is 26.9 Å². The average molecular weight is 503 g/mol. The smallest absolute Gasteiger partial charge is 0.411 e. The van der Waals surface area contributed by atoms with Crippen LogP contribution in [0.1, 0.15) is 44.7 Å². The van der Waals surface area contributed by atoms with Gasteiger partial charge in [-0.05, 0) is 62.9 Å². The fourth-order valence-electron chi connectivity index (χ4n) is 4.99. The topological polar surface area (TPSA) is 88.8 Å². The molecule has 1 aliphatic heterocycles. The van der Waals surface area contributed by atoms with Gasteiger partial charge in [-0.3, -0.25) is 10.2 Å². The Morgan fingerprint density at radius 3 is 2.57 bits per heavy atom. The first-order valence-corrected chi connectivity index (χ1v) is 13.1. The van der Waals surface area contributed by atoms with E-state index >= 15 is 0 Å². The number of aromatic nitrogens is 1. The highest BCUT2D eigenvalue weighted by molar-refractivity contribution is 5.96. The lowest BCUT2D eigenvalue weighted by atomic mass is 9.92. The van der Waals surface area contributed by atoms with Crippen LogP contribution in [-0.2, 0) is 9.47 Å². The van der Waals surface area contributed by atoms with Gasteiger partial charge in [0.1, 0.15) is 18.4 Å². The van der Waals surface area contributed by atoms with E-state index in [4.69, 9.17) is 14.2 Å². The van der Waals surface area contributed by atoms with Crippen LogP contribution in [0.15, 0.2) is 42.5 Å². The van der Waals surface area contributed by atoms with E-state index < -0.39 is 6.09 Å². The quantitative estimate of drug-likeness (QED) is 0.433. The van der Waals surface area contributed by atoms with Gasteiger partial charge in [0.05, 0.1) is 36.1 Å². The van der Waals surface area contributed by atoms with E-state index in [-0.39, 0.29) is 6.10 Å². The number of nitriles is 1. The average Bonchev–Trinajstić information content (AvgIpc) is 3.17. The number of benzene rings is 2. The third-order valence-corrected chi connectivity index (χ3v) is 7.05. The van der Waals surface area contributed by atoms with Crippen molar-refractivity contribution in [3.05, 3.63) is 48.0 Å². The van der Waals surface area contributed by atoms with E-state index in [0.717, 1.165) is 73.6 Å². The molecular formula is C29H34N4O4. The number of nitrogens with one attached hydrogen (secondary N) is 1. The summed E-state index contributed by atoms with van der Waals surface area (Å²) in [5.41, 5.74) is 4.21. The maximum Gasteiger partial charge on any atom is 0.411 e. The fraction of sp³-hybridized carbons (Fsp3) is 0.448. The number of amides is 1. The molecule has 37 heavy (non-hydrogen) atoms. The van der Waals surface area contributed by atoms with Gasteiger partial charge in [-0.25, -0.2) is 4.79 Å². The largest absolute Gasteiger partial charge is 0.492 e. The summed E-state index contributed by atoms with van der Waals surface area (Å²) in [5, 5.41) is 13.9. The lowest BCUT2D eigenvalue weighted by Crippen LogP contribution is -2.38. The predicted molar refractivity (Wildman–Crippen MR) is 143 cm³/mol. The van der Waals surface area contributed by atoms with Crippen LogP contribution in [-0.4, -0.2) is 61.1 Å². The number of hydrogen-bond acceptors (Lipinski definition) is 6. The zero-order valence-corrected chi connectivity index (χ0v) is 21.5. The van der Waals surface area contributed by atoms with Crippen molar-refractivity contribution in [2.45, 2.75) is 45.3 Å². The first-order chi connectivity index (χ1) is 18.0. The molecule has 0 atom stereocenters. The van der Waals surface area contributed by atoms with Crippen molar-refractivity contribution in [3.8, 4) is 23.1 Å². The molecule has 0 bridgehead atoms. The minimum Gasteiger partial charge on any atom is -0.492 e. The summed E-state index contributed by atoms with van der Waals surface area (Å²) in [6, 6.07) is 16.5. The number of morpholine rings is 1. The van der Waals surface area contributed by atoms with Crippen LogP contribution in [0, 0.1) is 11.3 Å². The van der Waals surface area contributed by atoms with Crippen molar-refractivity contribution >= 4 is 22.7 Å². The number of anilines is 1. The second kappa shape index (κ2) is 11.2. The highest BCUT2D eigenvalue weighted by Crippen LogP contribution is 2.43. The van der Waals surface area contributed by atoms with E-state index in [1.807, 2.05) is 50.2 Å². The van der Waals surface area contributed by atoms with Gasteiger partial charge in [-0.2, -0.15) is 5.26 Å². The molecule has 194 valence electrons. The highest BCUT2D eigenvalue weighted by atomic mass is 16.6. The Morgan fingerprint density at radius 1 is 1.16 bits per heavy atom. The zero-order valence-electron chi connectivity index (χ0n) is 21.5. The predicted octanol–water partition coefficient (Wildman–Crippen LogP) is 5.57. The summed E-state index contributed by atoms with van der Waals surface area (Å²) in [5.74, 6) is 0.818. The summed E-state index contributed by atoms with van der Waals surface area (Å²) < 4.78 is 19.1. The van der Waals surface area contributed by atoms with Crippen LogP contribution in [0.4, 0.5) is 10.5 Å². The Bertz CT molecular complexity index is 1280. The Hall–Kier alpha value is -3.54. The van der Waals surface area contributed by atoms with E-state index in [9.17, 15) is 10.1 Å². The van der Waals surface area contributed by atoms with Gasteiger partial charge in [0, 0.05) is 42.8 Å². The van der Waals surface area contributed by atoms with Gasteiger partial charge in [0.25, 0.3) is 0 Å². The van der Waals surface area contributed by atoms with Crippen molar-refractivity contribution in [2.24, 2.45) is 0 Å². The monoisotopic (exact) mass is 502 g/mol. The molecule has 8 nitrogen and oxygen atoms in total. The van der Waals surface area contributed by atoms with Gasteiger partial charge in [-0.15, -0.1) is 0 Å². The first-order valence-electron chi connectivity index (χ1n) is 13.1. The SMILES string of the molecule is CC(C)OC(=O)Nc1ccc(-c2c(C#N)c3ccc(OCCN4CCOCC4)cc3n2C2CCC2)cc1. The van der Waals surface area contributed by atoms with Crippen LogP contribution in [0.2, 0.25) is 0 Å². The molecule has 0 unspecified atom stereocenters. The molecule has 8 heteroatoms. The van der Waals surface area contributed by atoms with Crippen LogP contribution < -0.4 is 10.1 Å². The van der Waals surface area contributed by atoms with E-state index in [0.29, 0.717) is 23.9 Å². The second-order valence-corrected chi connectivity index (χ2v) is 9.93. The zero-order chi connectivity index (χ0) is 25.8. The van der Waals surface area contributed by atoms with Gasteiger partial charge in [0.15, 0.2) is 0 Å². The number of rotatable bonds is 8. The van der Waals surface area contributed by atoms with Gasteiger partial charge in [-0.1, -0.05) is 12.1 Å². The van der Waals surface area contributed by atoms with Crippen LogP contribution >= 0.6 is 0 Å². The molecule has 1 aromatic heterocycles. The number of carbonyl (C=O) groups excluding carboxylic acids is 1. The molecular weight excluding hydrogens is 468 g/mol. The lowest BCUT2D eigenvalue weighted by Gasteiger charge is -2.30. The molecule has 1 saturated carbocycles. The number of nitrogens with zero attached hydrogens (tertiary/aromatic N) is 3. The molecule has 2 fully saturated rings. The van der Waals surface area contributed by atoms with Gasteiger partial charge < -0.3 is 18.8 Å². The maximum atomic E-state index is 12.0. The lowest BCUT2D eigenvalue weighted by molar-refractivity contribution is 0.0322. The Labute approximate surface area is 217 Å². The molecule has 0 radical (unpaired) electrons. The van der Waals surface area contributed by atoms with Crippen molar-refractivity contribution in [3.63, 3.8) is 0 Å². The maximum absolute atomic E-state index is 12.0. The molecule has 2 aromatic carbocycles. The summed E-state index contributed by atoms with van der Waals surface area (Å²) >= 11 is 0. The van der Waals surface area contributed by atoms with Crippen LogP contribution in [0.25, 0.3) is 22.2 Å². The van der Waals surface area contributed by atoms with Crippen LogP contribution in [0.5, 0.6) is 5.75 Å². The third-order valence-electron chi connectivity index (χ3n) is 7.05. The molecule has 3 aromatic rings. The number of ether oxygens (including phenoxy) is 3. The summed E-state index contributed by atoms with van der Waals surface area (Å²) in [6.07, 6.45) is 2.69. The molecule has 1 aliphatic carbocycles. The normalized spacial score (nSPS) is 16.4. The molecule has 1 amide bonds. The first kappa shape index (κ1) is 25.1. The van der Waals surface area contributed by atoms with Gasteiger partial charge >= 0.3 is 6.09 Å². The van der Waals surface area contributed by atoms with E-state index in [1.165, 1.54) is 6.42 Å². The van der Waals surface area contributed by atoms with Crippen molar-refractivity contribution in [2.75, 3.05) is 44.8 Å². The third kappa shape index (κ3) is 5.58. The Kier molecular flexibility index (Phi) is 7.63.